The Morgan fingerprint density at radius 2 is 2.15 bits per heavy atom. The highest BCUT2D eigenvalue weighted by atomic mass is 79.9. The van der Waals surface area contributed by atoms with Crippen molar-refractivity contribution in [1.29, 1.82) is 0 Å². The lowest BCUT2D eigenvalue weighted by Crippen LogP contribution is -2.08. The Bertz CT molecular complexity index is 664. The molecular formula is C13H11BrFN3O2. The van der Waals surface area contributed by atoms with Crippen LogP contribution in [0.25, 0.3) is 0 Å². The second-order valence-electron chi connectivity index (χ2n) is 3.88. The number of benzene rings is 1. The molecule has 0 saturated heterocycles. The number of carbonyl (C=O) groups excluding carboxylic acids is 1. The first kappa shape index (κ1) is 14.3. The van der Waals surface area contributed by atoms with E-state index in [4.69, 9.17) is 5.73 Å². The lowest BCUT2D eigenvalue weighted by atomic mass is 10.2. The molecule has 3 N–H and O–H groups in total. The van der Waals surface area contributed by atoms with Crippen LogP contribution in [-0.2, 0) is 4.74 Å². The fraction of sp³-hybridized carbons (Fsp3) is 0.0769. The molecule has 2 aromatic rings. The van der Waals surface area contributed by atoms with E-state index in [2.05, 4.69) is 31.0 Å². The van der Waals surface area contributed by atoms with Crippen LogP contribution in [-0.4, -0.2) is 18.1 Å². The average Bonchev–Trinajstić information content (AvgIpc) is 2.43. The number of nitrogens with zero attached hydrogens (tertiary/aromatic N) is 1. The Hall–Kier alpha value is -2.15. The number of aromatic nitrogens is 1. The van der Waals surface area contributed by atoms with Gasteiger partial charge in [-0.2, -0.15) is 0 Å². The third-order valence-electron chi connectivity index (χ3n) is 2.51. The summed E-state index contributed by atoms with van der Waals surface area (Å²) in [7, 11) is 1.25. The van der Waals surface area contributed by atoms with Crippen molar-refractivity contribution in [3.05, 3.63) is 46.3 Å². The number of pyridine rings is 1. The average molecular weight is 340 g/mol. The molecular weight excluding hydrogens is 329 g/mol. The van der Waals surface area contributed by atoms with Gasteiger partial charge in [0.2, 0.25) is 0 Å². The Labute approximate surface area is 123 Å². The number of nitrogens with two attached hydrogens (primary N) is 1. The van der Waals surface area contributed by atoms with Crippen molar-refractivity contribution in [3.8, 4) is 0 Å². The van der Waals surface area contributed by atoms with E-state index in [0.717, 1.165) is 0 Å². The summed E-state index contributed by atoms with van der Waals surface area (Å²) in [6, 6.07) is 7.45. The topological polar surface area (TPSA) is 77.2 Å². The second-order valence-corrected chi connectivity index (χ2v) is 4.79. The largest absolute Gasteiger partial charge is 0.464 e. The highest BCUT2D eigenvalue weighted by Crippen LogP contribution is 2.25. The van der Waals surface area contributed by atoms with Crippen LogP contribution in [0.4, 0.5) is 21.6 Å². The monoisotopic (exact) mass is 339 g/mol. The Morgan fingerprint density at radius 3 is 2.80 bits per heavy atom. The molecule has 7 heteroatoms. The van der Waals surface area contributed by atoms with Gasteiger partial charge in [0.05, 0.1) is 18.5 Å². The van der Waals surface area contributed by atoms with E-state index in [1.807, 2.05) is 0 Å². The Balaban J connectivity index is 2.35. The number of halogens is 2. The first-order chi connectivity index (χ1) is 9.51. The summed E-state index contributed by atoms with van der Waals surface area (Å²) >= 11 is 3.17. The zero-order valence-electron chi connectivity index (χ0n) is 10.5. The van der Waals surface area contributed by atoms with Crippen LogP contribution in [0.1, 0.15) is 10.5 Å². The van der Waals surface area contributed by atoms with Crippen molar-refractivity contribution in [2.45, 2.75) is 0 Å². The quantitative estimate of drug-likeness (QED) is 0.840. The lowest BCUT2D eigenvalue weighted by molar-refractivity contribution is 0.0594. The fourth-order valence-corrected chi connectivity index (χ4v) is 1.84. The zero-order valence-corrected chi connectivity index (χ0v) is 12.1. The summed E-state index contributed by atoms with van der Waals surface area (Å²) in [5, 5.41) is 2.75. The van der Waals surface area contributed by atoms with E-state index < -0.39 is 11.8 Å². The van der Waals surface area contributed by atoms with Gasteiger partial charge < -0.3 is 15.8 Å². The van der Waals surface area contributed by atoms with E-state index in [1.54, 1.807) is 6.07 Å². The summed E-state index contributed by atoms with van der Waals surface area (Å²) in [6.07, 6.45) is 0. The molecule has 0 spiro atoms. The second kappa shape index (κ2) is 5.87. The maximum Gasteiger partial charge on any atom is 0.356 e. The maximum absolute atomic E-state index is 13.7. The smallest absolute Gasteiger partial charge is 0.356 e. The van der Waals surface area contributed by atoms with Crippen LogP contribution >= 0.6 is 15.9 Å². The van der Waals surface area contributed by atoms with Crippen molar-refractivity contribution in [2.24, 2.45) is 0 Å². The van der Waals surface area contributed by atoms with Gasteiger partial charge >= 0.3 is 5.97 Å². The standard InChI is InChI=1S/C13H11BrFN3O2/c1-20-13(19)11-5-3-9(16)12(18-11)17-10-4-2-7(14)6-8(10)15/h2-6H,16H2,1H3,(H,17,18). The summed E-state index contributed by atoms with van der Waals surface area (Å²) in [4.78, 5) is 15.4. The molecule has 0 amide bonds. The molecule has 0 atom stereocenters. The molecule has 0 fully saturated rings. The highest BCUT2D eigenvalue weighted by molar-refractivity contribution is 9.10. The van der Waals surface area contributed by atoms with Crippen LogP contribution in [0, 0.1) is 5.82 Å². The lowest BCUT2D eigenvalue weighted by Gasteiger charge is -2.10. The third-order valence-corrected chi connectivity index (χ3v) is 3.00. The molecule has 0 aliphatic rings. The van der Waals surface area contributed by atoms with Crippen molar-refractivity contribution in [3.63, 3.8) is 0 Å². The molecule has 104 valence electrons. The van der Waals surface area contributed by atoms with Gasteiger partial charge in [-0.1, -0.05) is 15.9 Å². The molecule has 5 nitrogen and oxygen atoms in total. The molecule has 0 unspecified atom stereocenters. The number of methoxy groups -OCH3 is 1. The molecule has 1 heterocycles. The minimum Gasteiger partial charge on any atom is -0.464 e. The normalized spacial score (nSPS) is 10.2. The van der Waals surface area contributed by atoms with Crippen molar-refractivity contribution in [1.82, 2.24) is 4.98 Å². The van der Waals surface area contributed by atoms with E-state index in [9.17, 15) is 9.18 Å². The number of hydrogen-bond acceptors (Lipinski definition) is 5. The first-order valence-electron chi connectivity index (χ1n) is 5.58. The van der Waals surface area contributed by atoms with Crippen molar-refractivity contribution in [2.75, 3.05) is 18.2 Å². The summed E-state index contributed by atoms with van der Waals surface area (Å²) in [5.41, 5.74) is 6.33. The van der Waals surface area contributed by atoms with Gasteiger partial charge in [-0.25, -0.2) is 14.2 Å². The predicted octanol–water partition coefficient (Wildman–Crippen LogP) is 3.10. The SMILES string of the molecule is COC(=O)c1ccc(N)c(Nc2ccc(Br)cc2F)n1. The molecule has 1 aromatic heterocycles. The number of nitrogens with one attached hydrogen (secondary N) is 1. The summed E-state index contributed by atoms with van der Waals surface area (Å²) in [6.45, 7) is 0. The van der Waals surface area contributed by atoms with Gasteiger partial charge in [0, 0.05) is 4.47 Å². The molecule has 20 heavy (non-hydrogen) atoms. The molecule has 2 rings (SSSR count). The molecule has 0 aliphatic carbocycles. The van der Waals surface area contributed by atoms with Crippen LogP contribution < -0.4 is 11.1 Å². The highest BCUT2D eigenvalue weighted by Gasteiger charge is 2.12. The van der Waals surface area contributed by atoms with Gasteiger partial charge in [0.15, 0.2) is 11.5 Å². The zero-order chi connectivity index (χ0) is 14.7. The predicted molar refractivity (Wildman–Crippen MR) is 77.4 cm³/mol. The molecule has 0 saturated carbocycles. The third kappa shape index (κ3) is 3.05. The van der Waals surface area contributed by atoms with Gasteiger partial charge in [0.25, 0.3) is 0 Å². The van der Waals surface area contributed by atoms with Crippen LogP contribution in [0.5, 0.6) is 0 Å². The minimum absolute atomic E-state index is 0.0849. The maximum atomic E-state index is 13.7. The molecule has 0 radical (unpaired) electrons. The van der Waals surface area contributed by atoms with E-state index in [1.165, 1.54) is 31.4 Å². The van der Waals surface area contributed by atoms with Crippen LogP contribution in [0.2, 0.25) is 0 Å². The minimum atomic E-state index is -0.593. The van der Waals surface area contributed by atoms with Gasteiger partial charge in [-0.3, -0.25) is 0 Å². The Morgan fingerprint density at radius 1 is 1.40 bits per heavy atom. The molecule has 0 bridgehead atoms. The fourth-order valence-electron chi connectivity index (χ4n) is 1.51. The molecule has 0 aliphatic heterocycles. The number of esters is 1. The number of rotatable bonds is 3. The van der Waals surface area contributed by atoms with Crippen LogP contribution in [0.15, 0.2) is 34.8 Å². The number of carbonyl (C=O) groups is 1. The summed E-state index contributed by atoms with van der Waals surface area (Å²) < 4.78 is 18.9. The summed E-state index contributed by atoms with van der Waals surface area (Å²) in [5.74, 6) is -0.873. The molecule has 1 aromatic carbocycles. The van der Waals surface area contributed by atoms with Crippen LogP contribution in [0.3, 0.4) is 0 Å². The number of nitrogen functional groups attached to an aromatic ring is 1. The van der Waals surface area contributed by atoms with Crippen molar-refractivity contribution < 1.29 is 13.9 Å². The van der Waals surface area contributed by atoms with E-state index in [0.29, 0.717) is 10.2 Å². The van der Waals surface area contributed by atoms with E-state index >= 15 is 0 Å². The Kier molecular flexibility index (Phi) is 4.19. The first-order valence-corrected chi connectivity index (χ1v) is 6.37. The van der Waals surface area contributed by atoms with E-state index in [-0.39, 0.29) is 17.2 Å². The van der Waals surface area contributed by atoms with Gasteiger partial charge in [0.1, 0.15) is 5.82 Å². The number of ether oxygens (including phenoxy) is 1. The van der Waals surface area contributed by atoms with Gasteiger partial charge in [-0.15, -0.1) is 0 Å². The number of anilines is 3. The van der Waals surface area contributed by atoms with Gasteiger partial charge in [-0.05, 0) is 30.3 Å². The van der Waals surface area contributed by atoms with Crippen molar-refractivity contribution >= 4 is 39.1 Å². The number of hydrogen-bond donors (Lipinski definition) is 2.